The average molecular weight is 351 g/mol. The van der Waals surface area contributed by atoms with Gasteiger partial charge in [0.15, 0.2) is 0 Å². The monoisotopic (exact) mass is 351 g/mol. The van der Waals surface area contributed by atoms with Gasteiger partial charge in [-0.25, -0.2) is 4.68 Å². The summed E-state index contributed by atoms with van der Waals surface area (Å²) in [6.07, 6.45) is 0. The second-order valence-corrected chi connectivity index (χ2v) is 6.08. The predicted octanol–water partition coefficient (Wildman–Crippen LogP) is 2.05. The SMILES string of the molecule is N#CCSc1ccccc1NC(=O)Cn1nnc2ccccc2c1=O. The standard InChI is InChI=1S/C17H13N5O2S/c18-9-10-25-15-8-4-3-7-14(15)19-16(23)11-22-17(24)12-5-1-2-6-13(12)20-21-22/h1-8H,10-11H2,(H,19,23). The lowest BCUT2D eigenvalue weighted by Gasteiger charge is -2.10. The van der Waals surface area contributed by atoms with Gasteiger partial charge < -0.3 is 5.32 Å². The largest absolute Gasteiger partial charge is 0.323 e. The number of carbonyl (C=O) groups is 1. The number of anilines is 1. The zero-order valence-corrected chi connectivity index (χ0v) is 13.9. The maximum atomic E-state index is 12.4. The van der Waals surface area contributed by atoms with Gasteiger partial charge >= 0.3 is 0 Å². The van der Waals surface area contributed by atoms with E-state index in [-0.39, 0.29) is 17.9 Å². The minimum atomic E-state index is -0.392. The lowest BCUT2D eigenvalue weighted by atomic mass is 10.2. The Labute approximate surface area is 147 Å². The van der Waals surface area contributed by atoms with Gasteiger partial charge in [0, 0.05) is 4.90 Å². The number of nitrogens with zero attached hydrogens (tertiary/aromatic N) is 4. The number of hydrogen-bond donors (Lipinski definition) is 1. The fourth-order valence-electron chi connectivity index (χ4n) is 2.26. The molecule has 3 aromatic rings. The number of hydrogen-bond acceptors (Lipinski definition) is 6. The van der Waals surface area contributed by atoms with Gasteiger partial charge in [0.05, 0.1) is 22.9 Å². The maximum Gasteiger partial charge on any atom is 0.278 e. The van der Waals surface area contributed by atoms with Crippen molar-refractivity contribution in [3.05, 3.63) is 58.9 Å². The number of nitriles is 1. The molecule has 0 bridgehead atoms. The molecule has 0 atom stereocenters. The molecule has 7 nitrogen and oxygen atoms in total. The Bertz CT molecular complexity index is 1030. The second-order valence-electron chi connectivity index (χ2n) is 5.06. The molecule has 0 aliphatic heterocycles. The molecule has 1 amide bonds. The molecule has 124 valence electrons. The van der Waals surface area contributed by atoms with Gasteiger partial charge in [-0.1, -0.05) is 29.5 Å². The number of amides is 1. The molecule has 0 radical (unpaired) electrons. The zero-order chi connectivity index (χ0) is 17.6. The van der Waals surface area contributed by atoms with Crippen molar-refractivity contribution in [1.29, 1.82) is 5.26 Å². The van der Waals surface area contributed by atoms with Crippen LogP contribution >= 0.6 is 11.8 Å². The third-order valence-electron chi connectivity index (χ3n) is 3.38. The maximum absolute atomic E-state index is 12.4. The summed E-state index contributed by atoms with van der Waals surface area (Å²) >= 11 is 1.33. The first-order chi connectivity index (χ1) is 12.2. The highest BCUT2D eigenvalue weighted by molar-refractivity contribution is 7.99. The molecule has 3 rings (SSSR count). The van der Waals surface area contributed by atoms with Crippen LogP contribution in [0.2, 0.25) is 0 Å². The van der Waals surface area contributed by atoms with Crippen LogP contribution < -0.4 is 10.9 Å². The Morgan fingerprint density at radius 2 is 1.96 bits per heavy atom. The number of benzene rings is 2. The topological polar surface area (TPSA) is 101 Å². The third kappa shape index (κ3) is 3.84. The number of thioether (sulfide) groups is 1. The lowest BCUT2D eigenvalue weighted by molar-refractivity contribution is -0.117. The molecule has 0 unspecified atom stereocenters. The highest BCUT2D eigenvalue weighted by atomic mass is 32.2. The van der Waals surface area contributed by atoms with Crippen LogP contribution in [0.3, 0.4) is 0 Å². The minimum Gasteiger partial charge on any atom is -0.323 e. The van der Waals surface area contributed by atoms with Crippen molar-refractivity contribution in [2.24, 2.45) is 0 Å². The van der Waals surface area contributed by atoms with Crippen molar-refractivity contribution in [3.63, 3.8) is 0 Å². The lowest BCUT2D eigenvalue weighted by Crippen LogP contribution is -2.30. The highest BCUT2D eigenvalue weighted by Gasteiger charge is 2.11. The summed E-state index contributed by atoms with van der Waals surface area (Å²) in [5.41, 5.74) is 0.713. The van der Waals surface area contributed by atoms with Crippen molar-refractivity contribution >= 4 is 34.3 Å². The van der Waals surface area contributed by atoms with E-state index in [2.05, 4.69) is 15.6 Å². The molecule has 0 aliphatic rings. The van der Waals surface area contributed by atoms with Gasteiger partial charge in [-0.2, -0.15) is 5.26 Å². The second kappa shape index (κ2) is 7.59. The number of rotatable bonds is 5. The van der Waals surface area contributed by atoms with E-state index in [1.807, 2.05) is 18.2 Å². The van der Waals surface area contributed by atoms with Crippen LogP contribution in [0, 0.1) is 11.3 Å². The number of aromatic nitrogens is 3. The van der Waals surface area contributed by atoms with E-state index >= 15 is 0 Å². The molecule has 0 fully saturated rings. The molecule has 0 spiro atoms. The van der Waals surface area contributed by atoms with E-state index in [9.17, 15) is 9.59 Å². The Kier molecular flexibility index (Phi) is 5.06. The molecule has 1 aromatic heterocycles. The van der Waals surface area contributed by atoms with Gasteiger partial charge in [-0.05, 0) is 24.3 Å². The number of para-hydroxylation sites is 1. The van der Waals surface area contributed by atoms with Crippen molar-refractivity contribution in [3.8, 4) is 6.07 Å². The number of nitrogens with one attached hydrogen (secondary N) is 1. The van der Waals surface area contributed by atoms with Gasteiger partial charge in [0.1, 0.15) is 12.1 Å². The highest BCUT2D eigenvalue weighted by Crippen LogP contribution is 2.26. The summed E-state index contributed by atoms with van der Waals surface area (Å²) in [7, 11) is 0. The first-order valence-corrected chi connectivity index (χ1v) is 8.39. The summed E-state index contributed by atoms with van der Waals surface area (Å²) in [6, 6.07) is 16.1. The van der Waals surface area contributed by atoms with Crippen molar-refractivity contribution in [2.45, 2.75) is 11.4 Å². The molecule has 2 aromatic carbocycles. The summed E-state index contributed by atoms with van der Waals surface area (Å²) in [4.78, 5) is 25.4. The molecular weight excluding hydrogens is 338 g/mol. The minimum absolute atomic E-state index is 0.242. The van der Waals surface area contributed by atoms with Crippen LogP contribution in [-0.4, -0.2) is 26.7 Å². The smallest absolute Gasteiger partial charge is 0.278 e. The van der Waals surface area contributed by atoms with Crippen LogP contribution in [0.4, 0.5) is 5.69 Å². The number of fused-ring (bicyclic) bond motifs is 1. The van der Waals surface area contributed by atoms with Gasteiger partial charge in [-0.15, -0.1) is 16.9 Å². The van der Waals surface area contributed by atoms with Crippen molar-refractivity contribution < 1.29 is 4.79 Å². The quantitative estimate of drug-likeness (QED) is 0.706. The molecule has 0 saturated carbocycles. The van der Waals surface area contributed by atoms with Crippen LogP contribution in [0.25, 0.3) is 10.9 Å². The summed E-state index contributed by atoms with van der Waals surface area (Å²) < 4.78 is 1.03. The summed E-state index contributed by atoms with van der Waals surface area (Å²) in [5.74, 6) is -0.112. The Balaban J connectivity index is 1.79. The van der Waals surface area contributed by atoms with E-state index in [1.165, 1.54) is 11.8 Å². The molecule has 0 aliphatic carbocycles. The molecule has 1 heterocycles. The Morgan fingerprint density at radius 3 is 2.80 bits per heavy atom. The van der Waals surface area contributed by atoms with E-state index in [4.69, 9.17) is 5.26 Å². The Hall–Kier alpha value is -3.18. The normalized spacial score (nSPS) is 10.4. The third-order valence-corrected chi connectivity index (χ3v) is 4.32. The van der Waals surface area contributed by atoms with E-state index in [0.29, 0.717) is 16.6 Å². The van der Waals surface area contributed by atoms with Crippen molar-refractivity contribution in [2.75, 3.05) is 11.1 Å². The first kappa shape index (κ1) is 16.7. The molecule has 0 saturated heterocycles. The fourth-order valence-corrected chi connectivity index (χ4v) is 2.93. The van der Waals surface area contributed by atoms with Crippen LogP contribution in [0.1, 0.15) is 0 Å². The molecule has 1 N–H and O–H groups in total. The van der Waals surface area contributed by atoms with E-state index in [1.54, 1.807) is 36.4 Å². The average Bonchev–Trinajstić information content (AvgIpc) is 2.63. The summed E-state index contributed by atoms with van der Waals surface area (Å²) in [6.45, 7) is -0.242. The molecular formula is C17H13N5O2S. The van der Waals surface area contributed by atoms with Crippen molar-refractivity contribution in [1.82, 2.24) is 15.0 Å². The molecule has 25 heavy (non-hydrogen) atoms. The van der Waals surface area contributed by atoms with E-state index < -0.39 is 5.91 Å². The van der Waals surface area contributed by atoms with Crippen LogP contribution in [0.5, 0.6) is 0 Å². The van der Waals surface area contributed by atoms with Gasteiger partial charge in [0.2, 0.25) is 5.91 Å². The first-order valence-electron chi connectivity index (χ1n) is 7.40. The predicted molar refractivity (Wildman–Crippen MR) is 95.2 cm³/mol. The van der Waals surface area contributed by atoms with Gasteiger partial charge in [-0.3, -0.25) is 9.59 Å². The number of carbonyl (C=O) groups excluding carboxylic acids is 1. The Morgan fingerprint density at radius 1 is 1.20 bits per heavy atom. The zero-order valence-electron chi connectivity index (χ0n) is 13.0. The fraction of sp³-hybridized carbons (Fsp3) is 0.118. The van der Waals surface area contributed by atoms with Crippen LogP contribution in [-0.2, 0) is 11.3 Å². The summed E-state index contributed by atoms with van der Waals surface area (Å²) in [5, 5.41) is 19.6. The van der Waals surface area contributed by atoms with Crippen LogP contribution in [0.15, 0.2) is 58.2 Å². The van der Waals surface area contributed by atoms with Gasteiger partial charge in [0.25, 0.3) is 5.56 Å². The molecule has 8 heteroatoms. The van der Waals surface area contributed by atoms with E-state index in [0.717, 1.165) is 9.58 Å².